The molecule has 0 spiro atoms. The number of hydrogen-bond acceptors (Lipinski definition) is 4. The smallest absolute Gasteiger partial charge is 0.220 e. The largest absolute Gasteiger partial charge is 0.496 e. The molecule has 0 radical (unpaired) electrons. The Bertz CT molecular complexity index is 719. The van der Waals surface area contributed by atoms with E-state index in [1.165, 1.54) is 0 Å². The van der Waals surface area contributed by atoms with Gasteiger partial charge in [-0.25, -0.2) is 4.99 Å². The van der Waals surface area contributed by atoms with Crippen molar-refractivity contribution >= 4 is 16.7 Å². The van der Waals surface area contributed by atoms with Crippen molar-refractivity contribution in [3.05, 3.63) is 35.9 Å². The van der Waals surface area contributed by atoms with Crippen molar-refractivity contribution in [2.45, 2.75) is 19.4 Å². The van der Waals surface area contributed by atoms with Crippen LogP contribution in [0, 0.1) is 0 Å². The van der Waals surface area contributed by atoms with Crippen molar-refractivity contribution in [1.82, 2.24) is 0 Å². The van der Waals surface area contributed by atoms with Gasteiger partial charge in [0.15, 0.2) is 0 Å². The summed E-state index contributed by atoms with van der Waals surface area (Å²) in [5.41, 5.74) is 0.623. The van der Waals surface area contributed by atoms with Crippen LogP contribution >= 0.6 is 0 Å². The molecule has 3 rings (SSSR count). The molecule has 0 atom stereocenters. The van der Waals surface area contributed by atoms with E-state index in [1.807, 2.05) is 44.2 Å². The van der Waals surface area contributed by atoms with Gasteiger partial charge in [-0.05, 0) is 19.9 Å². The van der Waals surface area contributed by atoms with Crippen LogP contribution in [0.15, 0.2) is 35.3 Å². The predicted octanol–water partition coefficient (Wildman–Crippen LogP) is 3.41. The summed E-state index contributed by atoms with van der Waals surface area (Å²) >= 11 is 0. The predicted molar refractivity (Wildman–Crippen MR) is 83.6 cm³/mol. The summed E-state index contributed by atoms with van der Waals surface area (Å²) in [4.78, 5) is 4.64. The molecule has 0 N–H and O–H groups in total. The Kier molecular flexibility index (Phi) is 3.24. The molecule has 1 heterocycles. The van der Waals surface area contributed by atoms with Gasteiger partial charge in [-0.1, -0.05) is 24.3 Å². The second-order valence-corrected chi connectivity index (χ2v) is 5.72. The number of ether oxygens (including phenoxy) is 3. The average Bonchev–Trinajstić information content (AvgIpc) is 2.85. The molecular formula is C17H19NO3. The zero-order valence-electron chi connectivity index (χ0n) is 12.8. The molecule has 4 heteroatoms. The van der Waals surface area contributed by atoms with E-state index in [2.05, 4.69) is 4.99 Å². The third kappa shape index (κ3) is 2.31. The molecule has 2 aromatic carbocycles. The Morgan fingerprint density at radius 3 is 2.38 bits per heavy atom. The van der Waals surface area contributed by atoms with Gasteiger partial charge in [-0.3, -0.25) is 0 Å². The summed E-state index contributed by atoms with van der Waals surface area (Å²) in [6, 6.07) is 9.93. The van der Waals surface area contributed by atoms with Gasteiger partial charge >= 0.3 is 0 Å². The topological polar surface area (TPSA) is 40.0 Å². The molecule has 0 unspecified atom stereocenters. The molecule has 21 heavy (non-hydrogen) atoms. The molecule has 2 aromatic rings. The molecule has 0 fully saturated rings. The van der Waals surface area contributed by atoms with Crippen molar-refractivity contribution in [2.24, 2.45) is 4.99 Å². The van der Waals surface area contributed by atoms with E-state index in [9.17, 15) is 0 Å². The Morgan fingerprint density at radius 2 is 1.81 bits per heavy atom. The van der Waals surface area contributed by atoms with Crippen LogP contribution in [-0.4, -0.2) is 32.3 Å². The van der Waals surface area contributed by atoms with Gasteiger partial charge < -0.3 is 14.2 Å². The first-order valence-corrected chi connectivity index (χ1v) is 6.92. The molecule has 110 valence electrons. The molecule has 0 saturated carbocycles. The second kappa shape index (κ2) is 4.95. The SMILES string of the molecule is COc1cc(C2=NC(C)(C)CO2)c(OC)c2ccccc12. The average molecular weight is 285 g/mol. The highest BCUT2D eigenvalue weighted by molar-refractivity contribution is 6.06. The molecule has 0 aliphatic carbocycles. The van der Waals surface area contributed by atoms with Gasteiger partial charge in [-0.15, -0.1) is 0 Å². The van der Waals surface area contributed by atoms with Crippen LogP contribution < -0.4 is 9.47 Å². The monoisotopic (exact) mass is 285 g/mol. The van der Waals surface area contributed by atoms with E-state index < -0.39 is 0 Å². The van der Waals surface area contributed by atoms with E-state index in [1.54, 1.807) is 14.2 Å². The minimum absolute atomic E-state index is 0.209. The maximum Gasteiger partial charge on any atom is 0.220 e. The standard InChI is InChI=1S/C17H19NO3/c1-17(2)10-21-16(18-17)13-9-14(19-3)11-7-5-6-8-12(11)15(13)20-4/h5-9H,10H2,1-4H3. The van der Waals surface area contributed by atoms with Crippen molar-refractivity contribution in [3.63, 3.8) is 0 Å². The lowest BCUT2D eigenvalue weighted by atomic mass is 10.0. The molecule has 0 saturated heterocycles. The maximum atomic E-state index is 5.76. The number of nitrogens with zero attached hydrogens (tertiary/aromatic N) is 1. The van der Waals surface area contributed by atoms with Crippen LogP contribution in [0.2, 0.25) is 0 Å². The van der Waals surface area contributed by atoms with Crippen molar-refractivity contribution in [2.75, 3.05) is 20.8 Å². The van der Waals surface area contributed by atoms with Crippen LogP contribution in [0.1, 0.15) is 19.4 Å². The van der Waals surface area contributed by atoms with Gasteiger partial charge in [0, 0.05) is 10.8 Å². The molecule has 1 aliphatic heterocycles. The number of fused-ring (bicyclic) bond motifs is 1. The number of rotatable bonds is 3. The number of methoxy groups -OCH3 is 2. The fraction of sp³-hybridized carbons (Fsp3) is 0.353. The van der Waals surface area contributed by atoms with Crippen molar-refractivity contribution < 1.29 is 14.2 Å². The molecule has 4 nitrogen and oxygen atoms in total. The van der Waals surface area contributed by atoms with Crippen LogP contribution in [0.25, 0.3) is 10.8 Å². The zero-order chi connectivity index (χ0) is 15.0. The van der Waals surface area contributed by atoms with Gasteiger partial charge in [0.05, 0.1) is 25.3 Å². The van der Waals surface area contributed by atoms with Crippen molar-refractivity contribution in [3.8, 4) is 11.5 Å². The Hall–Kier alpha value is -2.23. The molecule has 0 amide bonds. The highest BCUT2D eigenvalue weighted by Gasteiger charge is 2.29. The van der Waals surface area contributed by atoms with E-state index in [0.29, 0.717) is 12.5 Å². The van der Waals surface area contributed by atoms with Crippen LogP contribution in [0.3, 0.4) is 0 Å². The normalized spacial score (nSPS) is 16.5. The quantitative estimate of drug-likeness (QED) is 0.867. The highest BCUT2D eigenvalue weighted by Crippen LogP contribution is 2.38. The summed E-state index contributed by atoms with van der Waals surface area (Å²) in [5.74, 6) is 2.17. The third-order valence-electron chi connectivity index (χ3n) is 3.58. The third-order valence-corrected chi connectivity index (χ3v) is 3.58. The number of hydrogen-bond donors (Lipinski definition) is 0. The molecular weight excluding hydrogens is 266 g/mol. The number of aliphatic imine (C=N–C) groups is 1. The summed E-state index contributed by atoms with van der Waals surface area (Å²) in [6.45, 7) is 4.66. The van der Waals surface area contributed by atoms with Crippen LogP contribution in [0.4, 0.5) is 0 Å². The Balaban J connectivity index is 2.28. The summed E-state index contributed by atoms with van der Waals surface area (Å²) in [6.07, 6.45) is 0. The van der Waals surface area contributed by atoms with E-state index in [0.717, 1.165) is 27.8 Å². The van der Waals surface area contributed by atoms with E-state index in [4.69, 9.17) is 14.2 Å². The molecule has 0 aromatic heterocycles. The van der Waals surface area contributed by atoms with Crippen molar-refractivity contribution in [1.29, 1.82) is 0 Å². The first-order valence-electron chi connectivity index (χ1n) is 6.92. The van der Waals surface area contributed by atoms with Gasteiger partial charge in [0.2, 0.25) is 5.90 Å². The first kappa shape index (κ1) is 13.7. The maximum absolute atomic E-state index is 5.76. The molecule has 1 aliphatic rings. The van der Waals surface area contributed by atoms with Gasteiger partial charge in [-0.2, -0.15) is 0 Å². The minimum Gasteiger partial charge on any atom is -0.496 e. The Morgan fingerprint density at radius 1 is 1.10 bits per heavy atom. The van der Waals surface area contributed by atoms with Gasteiger partial charge in [0.25, 0.3) is 0 Å². The lowest BCUT2D eigenvalue weighted by Gasteiger charge is -2.14. The summed E-state index contributed by atoms with van der Waals surface area (Å²) in [7, 11) is 3.33. The van der Waals surface area contributed by atoms with Crippen LogP contribution in [0.5, 0.6) is 11.5 Å². The van der Waals surface area contributed by atoms with Crippen LogP contribution in [-0.2, 0) is 4.74 Å². The fourth-order valence-electron chi connectivity index (χ4n) is 2.59. The van der Waals surface area contributed by atoms with Gasteiger partial charge in [0.1, 0.15) is 18.1 Å². The summed E-state index contributed by atoms with van der Waals surface area (Å²) in [5, 5.41) is 2.00. The van der Waals surface area contributed by atoms with E-state index >= 15 is 0 Å². The second-order valence-electron chi connectivity index (χ2n) is 5.72. The lowest BCUT2D eigenvalue weighted by Crippen LogP contribution is -2.17. The number of benzene rings is 2. The minimum atomic E-state index is -0.209. The fourth-order valence-corrected chi connectivity index (χ4v) is 2.59. The molecule has 0 bridgehead atoms. The first-order chi connectivity index (χ1) is 10.1. The zero-order valence-corrected chi connectivity index (χ0v) is 12.8. The lowest BCUT2D eigenvalue weighted by molar-refractivity contribution is 0.278. The Labute approximate surface area is 124 Å². The summed E-state index contributed by atoms with van der Waals surface area (Å²) < 4.78 is 16.9. The highest BCUT2D eigenvalue weighted by atomic mass is 16.5. The van der Waals surface area contributed by atoms with E-state index in [-0.39, 0.29) is 5.54 Å².